The second kappa shape index (κ2) is 5.61. The van der Waals surface area contributed by atoms with Crippen LogP contribution in [0.1, 0.15) is 19.8 Å². The number of Topliss-reactive ketones (excluding diaryl/α,β-unsaturated/α-hetero) is 1. The summed E-state index contributed by atoms with van der Waals surface area (Å²) in [7, 11) is 0. The Hall–Kier alpha value is -1.23. The van der Waals surface area contributed by atoms with E-state index in [1.165, 1.54) is 0 Å². The number of carbonyl (C=O) groups is 1. The van der Waals surface area contributed by atoms with Crippen LogP contribution >= 0.6 is 0 Å². The highest BCUT2D eigenvalue weighted by Gasteiger charge is 2.55. The lowest BCUT2D eigenvalue weighted by Gasteiger charge is -2.17. The molecule has 0 unspecified atom stereocenters. The molecule has 1 fully saturated rings. The normalized spacial score (nSPS) is 31.5. The predicted octanol–water partition coefficient (Wildman–Crippen LogP) is 0.899. The van der Waals surface area contributed by atoms with Gasteiger partial charge >= 0.3 is 0 Å². The van der Waals surface area contributed by atoms with Crippen LogP contribution in [-0.4, -0.2) is 40.9 Å². The summed E-state index contributed by atoms with van der Waals surface area (Å²) in [6.45, 7) is 1.73. The number of ketones is 1. The summed E-state index contributed by atoms with van der Waals surface area (Å²) >= 11 is 0. The van der Waals surface area contributed by atoms with E-state index in [9.17, 15) is 15.0 Å². The lowest BCUT2D eigenvalue weighted by molar-refractivity contribution is -0.117. The summed E-state index contributed by atoms with van der Waals surface area (Å²) in [4.78, 5) is 11.8. The van der Waals surface area contributed by atoms with Gasteiger partial charge in [0.25, 0.3) is 0 Å². The summed E-state index contributed by atoms with van der Waals surface area (Å²) in [5, 5.41) is 19.2. The number of unbranched alkanes of at least 4 members (excludes halogenated alkanes) is 1. The van der Waals surface area contributed by atoms with E-state index in [-0.39, 0.29) is 18.0 Å². The maximum atomic E-state index is 11.8. The van der Waals surface area contributed by atoms with Crippen molar-refractivity contribution in [2.45, 2.75) is 38.1 Å². The van der Waals surface area contributed by atoms with Gasteiger partial charge in [-0.05, 0) is 12.0 Å². The molecule has 4 heteroatoms. The van der Waals surface area contributed by atoms with Gasteiger partial charge in [0.05, 0.1) is 6.61 Å². The molecule has 2 N–H and O–H groups in total. The third kappa shape index (κ3) is 2.46. The SMILES string of the molecule is CCC/C=C/C=C/C1=C(CO)C(=O)[C@H]2O[C@H]2[C@@H]1O. The van der Waals surface area contributed by atoms with Gasteiger partial charge in [0.15, 0.2) is 5.78 Å². The Kier molecular flexibility index (Phi) is 4.11. The number of epoxide rings is 1. The maximum Gasteiger partial charge on any atom is 0.193 e. The van der Waals surface area contributed by atoms with Crippen molar-refractivity contribution in [2.24, 2.45) is 0 Å². The van der Waals surface area contributed by atoms with Gasteiger partial charge in [0, 0.05) is 5.57 Å². The Balaban J connectivity index is 2.14. The average molecular weight is 250 g/mol. The topological polar surface area (TPSA) is 70.1 Å². The van der Waals surface area contributed by atoms with E-state index < -0.39 is 18.3 Å². The summed E-state index contributed by atoms with van der Waals surface area (Å²) in [6, 6.07) is 0. The van der Waals surface area contributed by atoms with E-state index in [0.29, 0.717) is 5.57 Å². The minimum atomic E-state index is -0.814. The van der Waals surface area contributed by atoms with Crippen LogP contribution < -0.4 is 0 Å². The number of fused-ring (bicyclic) bond motifs is 1. The highest BCUT2D eigenvalue weighted by Crippen LogP contribution is 2.38. The molecule has 0 radical (unpaired) electrons. The third-order valence-corrected chi connectivity index (χ3v) is 3.20. The molecule has 18 heavy (non-hydrogen) atoms. The van der Waals surface area contributed by atoms with E-state index in [0.717, 1.165) is 12.8 Å². The van der Waals surface area contributed by atoms with Crippen LogP contribution in [0, 0.1) is 0 Å². The van der Waals surface area contributed by atoms with Gasteiger partial charge in [0.2, 0.25) is 0 Å². The molecule has 1 heterocycles. The number of hydrogen-bond donors (Lipinski definition) is 2. The number of aliphatic hydroxyl groups is 2. The average Bonchev–Trinajstić information content (AvgIpc) is 3.15. The smallest absolute Gasteiger partial charge is 0.193 e. The van der Waals surface area contributed by atoms with Gasteiger partial charge in [0.1, 0.15) is 18.3 Å². The van der Waals surface area contributed by atoms with Gasteiger partial charge in [-0.2, -0.15) is 0 Å². The molecule has 0 bridgehead atoms. The number of allylic oxidation sites excluding steroid dienone is 3. The molecule has 3 atom stereocenters. The maximum absolute atomic E-state index is 11.8. The molecule has 0 aromatic heterocycles. The standard InChI is InChI=1S/C14H18O4/c1-2-3-4-5-6-7-9-10(8-15)12(17)14-13(18-14)11(9)16/h4-7,11,13-16H,2-3,8H2,1H3/b5-4+,7-6+/t11-,13+,14-/m1/s1. The quantitative estimate of drug-likeness (QED) is 0.562. The molecule has 98 valence electrons. The van der Waals surface area contributed by atoms with Crippen molar-refractivity contribution < 1.29 is 19.7 Å². The number of carbonyl (C=O) groups excluding carboxylic acids is 1. The van der Waals surface area contributed by atoms with E-state index >= 15 is 0 Å². The lowest BCUT2D eigenvalue weighted by atomic mass is 9.88. The molecule has 0 aromatic carbocycles. The van der Waals surface area contributed by atoms with Crippen molar-refractivity contribution in [1.29, 1.82) is 0 Å². The first-order valence-corrected chi connectivity index (χ1v) is 6.25. The molecule has 4 nitrogen and oxygen atoms in total. The molecule has 1 saturated heterocycles. The number of rotatable bonds is 5. The van der Waals surface area contributed by atoms with E-state index in [4.69, 9.17) is 4.74 Å². The van der Waals surface area contributed by atoms with Crippen molar-refractivity contribution in [3.8, 4) is 0 Å². The molecular formula is C14H18O4. The fourth-order valence-electron chi connectivity index (χ4n) is 2.11. The Morgan fingerprint density at radius 1 is 1.39 bits per heavy atom. The Labute approximate surface area is 106 Å². The van der Waals surface area contributed by atoms with Crippen molar-refractivity contribution in [2.75, 3.05) is 6.61 Å². The molecular weight excluding hydrogens is 232 g/mol. The first-order valence-electron chi connectivity index (χ1n) is 6.25. The van der Waals surface area contributed by atoms with Gasteiger partial charge in [-0.25, -0.2) is 0 Å². The second-order valence-corrected chi connectivity index (χ2v) is 4.50. The zero-order chi connectivity index (χ0) is 13.1. The van der Waals surface area contributed by atoms with E-state index in [2.05, 4.69) is 6.92 Å². The zero-order valence-corrected chi connectivity index (χ0v) is 10.4. The molecule has 0 saturated carbocycles. The predicted molar refractivity (Wildman–Crippen MR) is 67.0 cm³/mol. The van der Waals surface area contributed by atoms with Crippen LogP contribution in [0.15, 0.2) is 35.5 Å². The van der Waals surface area contributed by atoms with Crippen LogP contribution in [0.25, 0.3) is 0 Å². The fourth-order valence-corrected chi connectivity index (χ4v) is 2.11. The van der Waals surface area contributed by atoms with Gasteiger partial charge in [-0.3, -0.25) is 4.79 Å². The summed E-state index contributed by atoms with van der Waals surface area (Å²) < 4.78 is 5.11. The second-order valence-electron chi connectivity index (χ2n) is 4.50. The minimum Gasteiger partial charge on any atom is -0.392 e. The molecule has 1 aliphatic heterocycles. The highest BCUT2D eigenvalue weighted by molar-refractivity contribution is 6.03. The number of hydrogen-bond acceptors (Lipinski definition) is 4. The molecule has 2 aliphatic rings. The summed E-state index contributed by atoms with van der Waals surface area (Å²) in [5.41, 5.74) is 0.740. The first-order chi connectivity index (χ1) is 8.70. The minimum absolute atomic E-state index is 0.204. The zero-order valence-electron chi connectivity index (χ0n) is 10.4. The fraction of sp³-hybridized carbons (Fsp3) is 0.500. The van der Waals surface area contributed by atoms with Crippen LogP contribution in [-0.2, 0) is 9.53 Å². The van der Waals surface area contributed by atoms with Crippen LogP contribution in [0.4, 0.5) is 0 Å². The van der Waals surface area contributed by atoms with E-state index in [1.54, 1.807) is 12.2 Å². The van der Waals surface area contributed by atoms with Gasteiger partial charge in [-0.15, -0.1) is 0 Å². The molecule has 1 aliphatic carbocycles. The van der Waals surface area contributed by atoms with Crippen molar-refractivity contribution >= 4 is 5.78 Å². The van der Waals surface area contributed by atoms with E-state index in [1.807, 2.05) is 12.2 Å². The molecule has 0 spiro atoms. The van der Waals surface area contributed by atoms with Crippen molar-refractivity contribution in [1.82, 2.24) is 0 Å². The lowest BCUT2D eigenvalue weighted by Crippen LogP contribution is -2.32. The number of ether oxygens (including phenoxy) is 1. The molecule has 0 amide bonds. The van der Waals surface area contributed by atoms with Crippen molar-refractivity contribution in [3.63, 3.8) is 0 Å². The summed E-state index contributed by atoms with van der Waals surface area (Å²) in [6.07, 6.45) is 7.63. The summed E-state index contributed by atoms with van der Waals surface area (Å²) in [5.74, 6) is -0.204. The van der Waals surface area contributed by atoms with Gasteiger partial charge in [-0.1, -0.05) is 37.6 Å². The molecule has 0 aromatic rings. The van der Waals surface area contributed by atoms with Crippen LogP contribution in [0.5, 0.6) is 0 Å². The van der Waals surface area contributed by atoms with Gasteiger partial charge < -0.3 is 14.9 Å². The highest BCUT2D eigenvalue weighted by atomic mass is 16.6. The van der Waals surface area contributed by atoms with Crippen LogP contribution in [0.3, 0.4) is 0 Å². The monoisotopic (exact) mass is 250 g/mol. The Bertz CT molecular complexity index is 420. The van der Waals surface area contributed by atoms with Crippen LogP contribution in [0.2, 0.25) is 0 Å². The number of aliphatic hydroxyl groups excluding tert-OH is 2. The molecule has 2 rings (SSSR count). The van der Waals surface area contributed by atoms with Crippen molar-refractivity contribution in [3.05, 3.63) is 35.5 Å². The largest absolute Gasteiger partial charge is 0.392 e. The Morgan fingerprint density at radius 2 is 2.17 bits per heavy atom. The third-order valence-electron chi connectivity index (χ3n) is 3.20. The first kappa shape index (κ1) is 13.2. The Morgan fingerprint density at radius 3 is 2.83 bits per heavy atom.